The first-order chi connectivity index (χ1) is 12.0. The van der Waals surface area contributed by atoms with Crippen LogP contribution in [-0.4, -0.2) is 54.4 Å². The van der Waals surface area contributed by atoms with Gasteiger partial charge in [-0.05, 0) is 32.0 Å². The molecular weight excluding hydrogens is 318 g/mol. The topological polar surface area (TPSA) is 65.6 Å². The fourth-order valence-corrected chi connectivity index (χ4v) is 3.09. The van der Waals surface area contributed by atoms with Crippen LogP contribution in [0.5, 0.6) is 5.75 Å². The molecule has 1 amide bonds. The number of benzene rings is 1. The molecule has 132 valence electrons. The first kappa shape index (κ1) is 17.1. The predicted molar refractivity (Wildman–Crippen MR) is 96.5 cm³/mol. The summed E-state index contributed by atoms with van der Waals surface area (Å²) in [6.07, 6.45) is 1.46. The molecule has 0 radical (unpaired) electrons. The van der Waals surface area contributed by atoms with Gasteiger partial charge in [0.2, 0.25) is 0 Å². The lowest BCUT2D eigenvalue weighted by atomic mass is 10.1. The van der Waals surface area contributed by atoms with Crippen LogP contribution in [0.1, 0.15) is 34.7 Å². The number of nitrogens with zero attached hydrogens (tertiary/aromatic N) is 2. The number of H-pyrrole nitrogens is 1. The van der Waals surface area contributed by atoms with Gasteiger partial charge in [0.05, 0.1) is 18.8 Å². The molecule has 1 atom stereocenters. The van der Waals surface area contributed by atoms with E-state index >= 15 is 0 Å². The summed E-state index contributed by atoms with van der Waals surface area (Å²) < 4.78 is 6.06. The highest BCUT2D eigenvalue weighted by Gasteiger charge is 2.27. The van der Waals surface area contributed by atoms with Gasteiger partial charge in [0.15, 0.2) is 5.78 Å². The fraction of sp³-hybridized carbons (Fsp3) is 0.368. The van der Waals surface area contributed by atoms with E-state index in [4.69, 9.17) is 4.74 Å². The summed E-state index contributed by atoms with van der Waals surface area (Å²) in [5.41, 5.74) is 2.01. The lowest BCUT2D eigenvalue weighted by molar-refractivity contribution is 0.0704. The van der Waals surface area contributed by atoms with Crippen LogP contribution in [0.15, 0.2) is 36.5 Å². The van der Waals surface area contributed by atoms with Crippen molar-refractivity contribution in [2.24, 2.45) is 0 Å². The molecule has 0 saturated carbocycles. The number of rotatable bonds is 5. The van der Waals surface area contributed by atoms with Crippen LogP contribution in [0.3, 0.4) is 0 Å². The Hall–Kier alpha value is -2.76. The van der Waals surface area contributed by atoms with Crippen molar-refractivity contribution in [3.63, 3.8) is 0 Å². The van der Waals surface area contributed by atoms with Crippen LogP contribution in [0.2, 0.25) is 0 Å². The molecule has 2 heterocycles. The maximum absolute atomic E-state index is 12.6. The lowest BCUT2D eigenvalue weighted by Gasteiger charge is -2.37. The largest absolute Gasteiger partial charge is 0.485 e. The first-order valence-electron chi connectivity index (χ1n) is 8.45. The van der Waals surface area contributed by atoms with Crippen molar-refractivity contribution in [3.05, 3.63) is 47.8 Å². The molecular formula is C19H23N3O3. The monoisotopic (exact) mass is 341 g/mol. The number of hydrogen-bond acceptors (Lipinski definition) is 4. The third kappa shape index (κ3) is 3.52. The number of carbonyl (C=O) groups excluding carboxylic acids is 2. The van der Waals surface area contributed by atoms with E-state index < -0.39 is 0 Å². The van der Waals surface area contributed by atoms with E-state index in [9.17, 15) is 9.59 Å². The molecule has 1 N–H and O–H groups in total. The zero-order valence-corrected chi connectivity index (χ0v) is 14.8. The number of ketones is 1. The number of hydrogen-bond donors (Lipinski definition) is 1. The predicted octanol–water partition coefficient (Wildman–Crippen LogP) is 2.58. The third-order valence-corrected chi connectivity index (χ3v) is 4.45. The highest BCUT2D eigenvalue weighted by atomic mass is 16.5. The van der Waals surface area contributed by atoms with E-state index in [-0.39, 0.29) is 17.8 Å². The molecule has 6 nitrogen and oxygen atoms in total. The Morgan fingerprint density at radius 3 is 2.80 bits per heavy atom. The van der Waals surface area contributed by atoms with E-state index in [1.807, 2.05) is 24.3 Å². The highest BCUT2D eigenvalue weighted by molar-refractivity contribution is 5.99. The van der Waals surface area contributed by atoms with Crippen molar-refractivity contribution in [2.45, 2.75) is 20.0 Å². The van der Waals surface area contributed by atoms with Gasteiger partial charge in [-0.25, -0.2) is 0 Å². The van der Waals surface area contributed by atoms with Crippen molar-refractivity contribution < 1.29 is 14.3 Å². The summed E-state index contributed by atoms with van der Waals surface area (Å²) in [6, 6.07) is 9.55. The standard InChI is InChI=1S/C19H23N3O3/c1-4-22-12-15(25-18-8-6-5-7-17(18)22)11-21(3)19(24)16-9-14(10-20-16)13(2)23/h5-10,15,20H,4,11-12H2,1-3H3. The second-order valence-electron chi connectivity index (χ2n) is 6.29. The molecule has 25 heavy (non-hydrogen) atoms. The Labute approximate surface area is 147 Å². The molecule has 1 unspecified atom stereocenters. The van der Waals surface area contributed by atoms with Gasteiger partial charge in [-0.3, -0.25) is 9.59 Å². The molecule has 3 rings (SSSR count). The van der Waals surface area contributed by atoms with Crippen molar-refractivity contribution in [3.8, 4) is 5.75 Å². The quantitative estimate of drug-likeness (QED) is 0.849. The zero-order valence-electron chi connectivity index (χ0n) is 14.8. The molecule has 0 aliphatic carbocycles. The van der Waals surface area contributed by atoms with Crippen molar-refractivity contribution in [2.75, 3.05) is 31.6 Å². The first-order valence-corrected chi connectivity index (χ1v) is 8.45. The average Bonchev–Trinajstić information content (AvgIpc) is 3.10. The minimum atomic E-state index is -0.155. The van der Waals surface area contributed by atoms with Crippen molar-refractivity contribution in [1.82, 2.24) is 9.88 Å². The summed E-state index contributed by atoms with van der Waals surface area (Å²) in [7, 11) is 1.75. The highest BCUT2D eigenvalue weighted by Crippen LogP contribution is 2.32. The molecule has 1 aliphatic rings. The molecule has 1 aliphatic heterocycles. The van der Waals surface area contributed by atoms with Gasteiger partial charge in [0, 0.05) is 25.4 Å². The maximum Gasteiger partial charge on any atom is 0.270 e. The van der Waals surface area contributed by atoms with E-state index in [0.717, 1.165) is 24.5 Å². The van der Waals surface area contributed by atoms with E-state index in [1.54, 1.807) is 24.2 Å². The summed E-state index contributed by atoms with van der Waals surface area (Å²) in [4.78, 5) is 30.7. The normalized spacial score (nSPS) is 16.1. The molecule has 0 spiro atoms. The summed E-state index contributed by atoms with van der Waals surface area (Å²) in [5.74, 6) is 0.627. The van der Waals surface area contributed by atoms with Gasteiger partial charge in [-0.2, -0.15) is 0 Å². The summed E-state index contributed by atoms with van der Waals surface area (Å²) in [6.45, 7) is 5.67. The number of nitrogens with one attached hydrogen (secondary N) is 1. The van der Waals surface area contributed by atoms with Crippen LogP contribution in [0.25, 0.3) is 0 Å². The number of fused-ring (bicyclic) bond motifs is 1. The number of amides is 1. The van der Waals surface area contributed by atoms with E-state index in [2.05, 4.69) is 16.8 Å². The van der Waals surface area contributed by atoms with Gasteiger partial charge in [0.25, 0.3) is 5.91 Å². The lowest BCUT2D eigenvalue weighted by Crippen LogP contribution is -2.46. The van der Waals surface area contributed by atoms with Crippen LogP contribution >= 0.6 is 0 Å². The minimum absolute atomic E-state index is 0.0660. The Kier molecular flexibility index (Phi) is 4.79. The van der Waals surface area contributed by atoms with Crippen molar-refractivity contribution in [1.29, 1.82) is 0 Å². The molecule has 6 heteroatoms. The second-order valence-corrected chi connectivity index (χ2v) is 6.29. The van der Waals surface area contributed by atoms with Crippen LogP contribution < -0.4 is 9.64 Å². The van der Waals surface area contributed by atoms with Crippen LogP contribution in [0, 0.1) is 0 Å². The Morgan fingerprint density at radius 2 is 2.12 bits per heavy atom. The second kappa shape index (κ2) is 7.01. The van der Waals surface area contributed by atoms with Gasteiger partial charge in [-0.15, -0.1) is 0 Å². The van der Waals surface area contributed by atoms with E-state index in [1.165, 1.54) is 6.92 Å². The molecule has 1 aromatic carbocycles. The smallest absolute Gasteiger partial charge is 0.270 e. The Balaban J connectivity index is 1.69. The SMILES string of the molecule is CCN1CC(CN(C)C(=O)c2cc(C(C)=O)c[nH]2)Oc2ccccc21. The van der Waals surface area contributed by atoms with Crippen LogP contribution in [-0.2, 0) is 0 Å². The fourth-order valence-electron chi connectivity index (χ4n) is 3.09. The number of carbonyl (C=O) groups is 2. The number of aromatic nitrogens is 1. The number of ether oxygens (including phenoxy) is 1. The van der Waals surface area contributed by atoms with Gasteiger partial charge in [-0.1, -0.05) is 12.1 Å². The zero-order chi connectivity index (χ0) is 18.0. The Morgan fingerprint density at radius 1 is 1.36 bits per heavy atom. The minimum Gasteiger partial charge on any atom is -0.485 e. The number of likely N-dealkylation sites (N-methyl/N-ethyl adjacent to an activating group) is 2. The molecule has 0 bridgehead atoms. The number of aromatic amines is 1. The average molecular weight is 341 g/mol. The molecule has 0 fully saturated rings. The molecule has 2 aromatic rings. The number of para-hydroxylation sites is 2. The molecule has 1 aromatic heterocycles. The van der Waals surface area contributed by atoms with Gasteiger partial charge < -0.3 is 19.5 Å². The van der Waals surface area contributed by atoms with Crippen LogP contribution in [0.4, 0.5) is 5.69 Å². The maximum atomic E-state index is 12.6. The number of anilines is 1. The summed E-state index contributed by atoms with van der Waals surface area (Å²) in [5, 5.41) is 0. The number of Topliss-reactive ketones (excluding diaryl/α,β-unsaturated/α-hetero) is 1. The third-order valence-electron chi connectivity index (χ3n) is 4.45. The molecule has 0 saturated heterocycles. The Bertz CT molecular complexity index is 784. The van der Waals surface area contributed by atoms with Gasteiger partial charge in [0.1, 0.15) is 17.5 Å². The van der Waals surface area contributed by atoms with Gasteiger partial charge >= 0.3 is 0 Å². The van der Waals surface area contributed by atoms with E-state index in [0.29, 0.717) is 17.8 Å². The van der Waals surface area contributed by atoms with Crippen molar-refractivity contribution >= 4 is 17.4 Å². The summed E-state index contributed by atoms with van der Waals surface area (Å²) >= 11 is 0.